The zero-order chi connectivity index (χ0) is 17.7. The summed E-state index contributed by atoms with van der Waals surface area (Å²) in [7, 11) is 0. The number of hydrogen-bond donors (Lipinski definition) is 2. The monoisotopic (exact) mass is 334 g/mol. The lowest BCUT2D eigenvalue weighted by molar-refractivity contribution is -0.144. The summed E-state index contributed by atoms with van der Waals surface area (Å²) in [5, 5.41) is 12.5. The van der Waals surface area contributed by atoms with Crippen LogP contribution in [0.1, 0.15) is 39.2 Å². The van der Waals surface area contributed by atoms with E-state index in [4.69, 9.17) is 4.74 Å². The summed E-state index contributed by atoms with van der Waals surface area (Å²) in [6, 6.07) is 8.87. The van der Waals surface area contributed by atoms with Gasteiger partial charge in [0, 0.05) is 6.54 Å². The predicted molar refractivity (Wildman–Crippen MR) is 90.7 cm³/mol. The molecule has 1 aromatic rings. The Morgan fingerprint density at radius 1 is 1.33 bits per heavy atom. The molecule has 1 aliphatic heterocycles. The number of likely N-dealkylation sites (tertiary alicyclic amines) is 1. The molecule has 0 bridgehead atoms. The predicted octanol–water partition coefficient (Wildman–Crippen LogP) is 2.63. The van der Waals surface area contributed by atoms with Crippen LogP contribution in [0.2, 0.25) is 0 Å². The van der Waals surface area contributed by atoms with Crippen molar-refractivity contribution in [3.8, 4) is 0 Å². The summed E-state index contributed by atoms with van der Waals surface area (Å²) < 4.78 is 5.28. The fourth-order valence-electron chi connectivity index (χ4n) is 2.94. The van der Waals surface area contributed by atoms with Crippen molar-refractivity contribution in [1.82, 2.24) is 10.2 Å². The van der Waals surface area contributed by atoms with Gasteiger partial charge in [-0.3, -0.25) is 9.69 Å². The zero-order valence-corrected chi connectivity index (χ0v) is 14.5. The molecular weight excluding hydrogens is 308 g/mol. The van der Waals surface area contributed by atoms with Gasteiger partial charge in [-0.05, 0) is 45.6 Å². The van der Waals surface area contributed by atoms with E-state index in [-0.39, 0.29) is 6.17 Å². The molecule has 1 saturated heterocycles. The summed E-state index contributed by atoms with van der Waals surface area (Å²) >= 11 is 0. The highest BCUT2D eigenvalue weighted by atomic mass is 16.6. The van der Waals surface area contributed by atoms with Crippen LogP contribution in [0.15, 0.2) is 30.3 Å². The first-order valence-electron chi connectivity index (χ1n) is 8.28. The lowest BCUT2D eigenvalue weighted by Crippen LogP contribution is -2.53. The highest BCUT2D eigenvalue weighted by Crippen LogP contribution is 2.21. The van der Waals surface area contributed by atoms with Gasteiger partial charge >= 0.3 is 12.1 Å². The number of alkyl carbamates (subject to hydrolysis) is 1. The summed E-state index contributed by atoms with van der Waals surface area (Å²) in [4.78, 5) is 25.6. The molecule has 0 aliphatic carbocycles. The van der Waals surface area contributed by atoms with E-state index in [1.54, 1.807) is 20.8 Å². The molecular formula is C18H26N2O4. The second-order valence-corrected chi connectivity index (χ2v) is 7.09. The van der Waals surface area contributed by atoms with Crippen LogP contribution >= 0.6 is 0 Å². The maximum atomic E-state index is 12.0. The Balaban J connectivity index is 2.05. The Bertz CT molecular complexity index is 568. The van der Waals surface area contributed by atoms with Crippen LogP contribution in [0.25, 0.3) is 0 Å². The van der Waals surface area contributed by atoms with Crippen molar-refractivity contribution in [2.75, 3.05) is 6.54 Å². The molecule has 0 radical (unpaired) electrons. The van der Waals surface area contributed by atoms with E-state index >= 15 is 0 Å². The Labute approximate surface area is 142 Å². The Morgan fingerprint density at radius 2 is 2.00 bits per heavy atom. The first-order valence-corrected chi connectivity index (χ1v) is 8.28. The normalized spacial score (nSPS) is 19.7. The van der Waals surface area contributed by atoms with Gasteiger partial charge in [-0.15, -0.1) is 0 Å². The maximum Gasteiger partial charge on any atom is 0.408 e. The minimum absolute atomic E-state index is 0.315. The van der Waals surface area contributed by atoms with E-state index in [9.17, 15) is 14.7 Å². The largest absolute Gasteiger partial charge is 0.480 e. The molecule has 1 aliphatic rings. The second kappa shape index (κ2) is 7.66. The van der Waals surface area contributed by atoms with Gasteiger partial charge in [0.25, 0.3) is 0 Å². The molecule has 6 nitrogen and oxygen atoms in total. The van der Waals surface area contributed by atoms with E-state index in [0.29, 0.717) is 13.0 Å². The molecule has 0 spiro atoms. The molecule has 1 fully saturated rings. The van der Waals surface area contributed by atoms with Crippen LogP contribution < -0.4 is 5.32 Å². The van der Waals surface area contributed by atoms with E-state index in [2.05, 4.69) is 5.32 Å². The van der Waals surface area contributed by atoms with Crippen molar-refractivity contribution in [3.05, 3.63) is 35.9 Å². The molecule has 2 atom stereocenters. The van der Waals surface area contributed by atoms with Gasteiger partial charge in [-0.2, -0.15) is 0 Å². The lowest BCUT2D eigenvalue weighted by atomic mass is 10.0. The van der Waals surface area contributed by atoms with Crippen LogP contribution in [0.4, 0.5) is 4.79 Å². The SMILES string of the molecule is CC(C)(C)OC(=O)NC1CCCN1[C@@H](Cc1ccccc1)C(=O)O. The minimum atomic E-state index is -0.878. The van der Waals surface area contributed by atoms with Crippen LogP contribution in [0.3, 0.4) is 0 Å². The van der Waals surface area contributed by atoms with Crippen LogP contribution in [-0.2, 0) is 16.0 Å². The lowest BCUT2D eigenvalue weighted by Gasteiger charge is -2.31. The zero-order valence-electron chi connectivity index (χ0n) is 14.5. The molecule has 132 valence electrons. The number of carbonyl (C=O) groups excluding carboxylic acids is 1. The first kappa shape index (κ1) is 18.3. The summed E-state index contributed by atoms with van der Waals surface area (Å²) in [6.07, 6.45) is 1.15. The van der Waals surface area contributed by atoms with Gasteiger partial charge in [0.2, 0.25) is 0 Å². The van der Waals surface area contributed by atoms with Gasteiger partial charge < -0.3 is 15.2 Å². The standard InChI is InChI=1S/C18H26N2O4/c1-18(2,3)24-17(23)19-15-10-7-11-20(15)14(16(21)22)12-13-8-5-4-6-9-13/h4-6,8-9,14-15H,7,10-12H2,1-3H3,(H,19,23)(H,21,22)/t14-,15?/m0/s1. The molecule has 6 heteroatoms. The number of nitrogens with zero attached hydrogens (tertiary/aromatic N) is 1. The van der Waals surface area contributed by atoms with Crippen molar-refractivity contribution in [2.24, 2.45) is 0 Å². The number of nitrogens with one attached hydrogen (secondary N) is 1. The van der Waals surface area contributed by atoms with E-state index in [1.807, 2.05) is 35.2 Å². The third kappa shape index (κ3) is 5.23. The first-order chi connectivity index (χ1) is 11.3. The molecule has 0 saturated carbocycles. The molecule has 1 amide bonds. The molecule has 1 aromatic carbocycles. The highest BCUT2D eigenvalue weighted by molar-refractivity contribution is 5.74. The third-order valence-corrected chi connectivity index (χ3v) is 3.93. The number of hydrogen-bond acceptors (Lipinski definition) is 4. The molecule has 1 heterocycles. The van der Waals surface area contributed by atoms with E-state index in [1.165, 1.54) is 0 Å². The number of ether oxygens (including phenoxy) is 1. The fourth-order valence-corrected chi connectivity index (χ4v) is 2.94. The van der Waals surface area contributed by atoms with Crippen molar-refractivity contribution >= 4 is 12.1 Å². The smallest absolute Gasteiger partial charge is 0.408 e. The average molecular weight is 334 g/mol. The minimum Gasteiger partial charge on any atom is -0.480 e. The van der Waals surface area contributed by atoms with Gasteiger partial charge in [0.15, 0.2) is 0 Å². The maximum absolute atomic E-state index is 12.0. The third-order valence-electron chi connectivity index (χ3n) is 3.93. The number of carboxylic acid groups (broad SMARTS) is 1. The van der Waals surface area contributed by atoms with Crippen molar-refractivity contribution in [3.63, 3.8) is 0 Å². The number of benzene rings is 1. The summed E-state index contributed by atoms with van der Waals surface area (Å²) in [6.45, 7) is 6.04. The van der Waals surface area contributed by atoms with Gasteiger partial charge in [-0.1, -0.05) is 30.3 Å². The van der Waals surface area contributed by atoms with Gasteiger partial charge in [0.1, 0.15) is 11.6 Å². The average Bonchev–Trinajstić information content (AvgIpc) is 2.91. The van der Waals surface area contributed by atoms with Gasteiger partial charge in [0.05, 0.1) is 6.17 Å². The molecule has 0 aromatic heterocycles. The van der Waals surface area contributed by atoms with Crippen LogP contribution in [-0.4, -0.2) is 46.4 Å². The summed E-state index contributed by atoms with van der Waals surface area (Å²) in [5.41, 5.74) is 0.386. The second-order valence-electron chi connectivity index (χ2n) is 7.09. The fraction of sp³-hybridized carbons (Fsp3) is 0.556. The summed E-state index contributed by atoms with van der Waals surface area (Å²) in [5.74, 6) is -0.878. The van der Waals surface area contributed by atoms with Crippen LogP contribution in [0, 0.1) is 0 Å². The highest BCUT2D eigenvalue weighted by Gasteiger charge is 2.36. The van der Waals surface area contributed by atoms with Crippen molar-refractivity contribution in [2.45, 2.75) is 57.8 Å². The quantitative estimate of drug-likeness (QED) is 0.865. The van der Waals surface area contributed by atoms with Crippen LogP contribution in [0.5, 0.6) is 0 Å². The molecule has 1 unspecified atom stereocenters. The number of rotatable bonds is 5. The number of carboxylic acids is 1. The van der Waals surface area contributed by atoms with Gasteiger partial charge in [-0.25, -0.2) is 4.79 Å². The topological polar surface area (TPSA) is 78.9 Å². The van der Waals surface area contributed by atoms with Crippen molar-refractivity contribution < 1.29 is 19.4 Å². The number of aliphatic carboxylic acids is 1. The number of carbonyl (C=O) groups is 2. The Kier molecular flexibility index (Phi) is 5.83. The van der Waals surface area contributed by atoms with E-state index in [0.717, 1.165) is 18.4 Å². The Hall–Kier alpha value is -2.08. The van der Waals surface area contributed by atoms with Crippen molar-refractivity contribution in [1.29, 1.82) is 0 Å². The molecule has 2 N–H and O–H groups in total. The van der Waals surface area contributed by atoms with E-state index < -0.39 is 23.7 Å². The Morgan fingerprint density at radius 3 is 2.58 bits per heavy atom. The molecule has 24 heavy (non-hydrogen) atoms. The molecule has 2 rings (SSSR count). The number of amides is 1.